The molecule has 0 heterocycles. The third kappa shape index (κ3) is 8.26. The van der Waals surface area contributed by atoms with Crippen molar-refractivity contribution in [2.24, 2.45) is 11.8 Å². The van der Waals surface area contributed by atoms with Crippen LogP contribution in [0.25, 0.3) is 0 Å². The molecule has 0 atom stereocenters. The predicted octanol–water partition coefficient (Wildman–Crippen LogP) is 2.72. The summed E-state index contributed by atoms with van der Waals surface area (Å²) in [7, 11) is 0. The minimum absolute atomic E-state index is 0.569. The Balaban J connectivity index is 3.60. The second-order valence-corrected chi connectivity index (χ2v) is 3.81. The quantitative estimate of drug-likeness (QED) is 0.583. The fraction of sp³-hybridized carbons (Fsp3) is 1.00. The maximum absolute atomic E-state index is 5.41. The van der Waals surface area contributed by atoms with Gasteiger partial charge in [-0.3, -0.25) is 0 Å². The zero-order chi connectivity index (χ0) is 10.1. The lowest BCUT2D eigenvalue weighted by molar-refractivity contribution is 0.0399. The highest BCUT2D eigenvalue weighted by molar-refractivity contribution is 4.59. The van der Waals surface area contributed by atoms with Gasteiger partial charge in [0.25, 0.3) is 0 Å². The first kappa shape index (κ1) is 12.9. The van der Waals surface area contributed by atoms with Crippen LogP contribution in [0.1, 0.15) is 34.1 Å². The Labute approximate surface area is 82.6 Å². The van der Waals surface area contributed by atoms with Crippen LogP contribution in [0.15, 0.2) is 0 Å². The molecule has 0 rings (SSSR count). The summed E-state index contributed by atoms with van der Waals surface area (Å²) >= 11 is 0. The van der Waals surface area contributed by atoms with E-state index >= 15 is 0 Å². The average Bonchev–Trinajstić information content (AvgIpc) is 2.09. The molecule has 0 aromatic carbocycles. The normalized spacial score (nSPS) is 11.5. The molecule has 0 aliphatic heterocycles. The highest BCUT2D eigenvalue weighted by Gasteiger charge is 2.10. The molecule has 0 saturated carbocycles. The van der Waals surface area contributed by atoms with Crippen molar-refractivity contribution in [3.8, 4) is 0 Å². The minimum atomic E-state index is 0.569. The van der Waals surface area contributed by atoms with Crippen LogP contribution in [0.2, 0.25) is 0 Å². The topological polar surface area (TPSA) is 18.5 Å². The van der Waals surface area contributed by atoms with Gasteiger partial charge in [-0.15, -0.1) is 0 Å². The van der Waals surface area contributed by atoms with Crippen molar-refractivity contribution in [3.05, 3.63) is 0 Å². The Kier molecular flexibility index (Phi) is 8.46. The van der Waals surface area contributed by atoms with E-state index in [1.807, 2.05) is 13.8 Å². The molecule has 0 amide bonds. The SMILES string of the molecule is CCOCC(COCC)CC(C)C. The van der Waals surface area contributed by atoms with Crippen molar-refractivity contribution in [3.63, 3.8) is 0 Å². The molecular formula is C11H24O2. The average molecular weight is 188 g/mol. The molecular weight excluding hydrogens is 164 g/mol. The summed E-state index contributed by atoms with van der Waals surface area (Å²) in [5, 5.41) is 0. The van der Waals surface area contributed by atoms with Crippen LogP contribution in [0.3, 0.4) is 0 Å². The van der Waals surface area contributed by atoms with E-state index in [2.05, 4.69) is 13.8 Å². The van der Waals surface area contributed by atoms with Gasteiger partial charge in [-0.2, -0.15) is 0 Å². The summed E-state index contributed by atoms with van der Waals surface area (Å²) in [5.41, 5.74) is 0. The van der Waals surface area contributed by atoms with Gasteiger partial charge in [-0.05, 0) is 26.2 Å². The first-order chi connectivity index (χ1) is 6.20. The van der Waals surface area contributed by atoms with Gasteiger partial charge >= 0.3 is 0 Å². The highest BCUT2D eigenvalue weighted by Crippen LogP contribution is 2.12. The number of hydrogen-bond donors (Lipinski definition) is 0. The molecule has 0 radical (unpaired) electrons. The Morgan fingerprint density at radius 3 is 1.69 bits per heavy atom. The van der Waals surface area contributed by atoms with Crippen LogP contribution in [-0.2, 0) is 9.47 Å². The lowest BCUT2D eigenvalue weighted by Gasteiger charge is -2.18. The lowest BCUT2D eigenvalue weighted by Crippen LogP contribution is -2.18. The summed E-state index contributed by atoms with van der Waals surface area (Å²) in [5.74, 6) is 1.30. The number of ether oxygens (including phenoxy) is 2. The Morgan fingerprint density at radius 2 is 1.38 bits per heavy atom. The molecule has 0 N–H and O–H groups in total. The van der Waals surface area contributed by atoms with Crippen molar-refractivity contribution in [1.29, 1.82) is 0 Å². The van der Waals surface area contributed by atoms with Gasteiger partial charge in [0.15, 0.2) is 0 Å². The molecule has 0 fully saturated rings. The summed E-state index contributed by atoms with van der Waals surface area (Å²) in [4.78, 5) is 0. The van der Waals surface area contributed by atoms with E-state index < -0.39 is 0 Å². The van der Waals surface area contributed by atoms with E-state index in [0.29, 0.717) is 5.92 Å². The first-order valence-corrected chi connectivity index (χ1v) is 5.36. The molecule has 0 spiro atoms. The van der Waals surface area contributed by atoms with Gasteiger partial charge < -0.3 is 9.47 Å². The molecule has 0 unspecified atom stereocenters. The van der Waals surface area contributed by atoms with Gasteiger partial charge in [0, 0.05) is 19.1 Å². The Bertz CT molecular complexity index is 94.3. The van der Waals surface area contributed by atoms with Crippen molar-refractivity contribution >= 4 is 0 Å². The van der Waals surface area contributed by atoms with E-state index in [9.17, 15) is 0 Å². The summed E-state index contributed by atoms with van der Waals surface area (Å²) in [6.45, 7) is 11.8. The fourth-order valence-corrected chi connectivity index (χ4v) is 1.42. The fourth-order valence-electron chi connectivity index (χ4n) is 1.42. The Hall–Kier alpha value is -0.0800. The molecule has 80 valence electrons. The third-order valence-corrected chi connectivity index (χ3v) is 1.92. The molecule has 2 nitrogen and oxygen atoms in total. The van der Waals surface area contributed by atoms with Crippen LogP contribution in [0.4, 0.5) is 0 Å². The summed E-state index contributed by atoms with van der Waals surface area (Å²) < 4.78 is 10.8. The van der Waals surface area contributed by atoms with Crippen molar-refractivity contribution in [2.45, 2.75) is 34.1 Å². The summed E-state index contributed by atoms with van der Waals surface area (Å²) in [6.07, 6.45) is 1.19. The smallest absolute Gasteiger partial charge is 0.0516 e. The van der Waals surface area contributed by atoms with Crippen LogP contribution in [0, 0.1) is 11.8 Å². The van der Waals surface area contributed by atoms with Crippen molar-refractivity contribution in [2.75, 3.05) is 26.4 Å². The molecule has 0 aliphatic carbocycles. The van der Waals surface area contributed by atoms with Crippen LogP contribution < -0.4 is 0 Å². The molecule has 2 heteroatoms. The van der Waals surface area contributed by atoms with E-state index in [1.165, 1.54) is 6.42 Å². The summed E-state index contributed by atoms with van der Waals surface area (Å²) in [6, 6.07) is 0. The molecule has 0 aliphatic rings. The minimum Gasteiger partial charge on any atom is -0.381 e. The van der Waals surface area contributed by atoms with Crippen LogP contribution in [0.5, 0.6) is 0 Å². The zero-order valence-corrected chi connectivity index (χ0v) is 9.51. The van der Waals surface area contributed by atoms with Gasteiger partial charge in [0.05, 0.1) is 13.2 Å². The van der Waals surface area contributed by atoms with Crippen LogP contribution >= 0.6 is 0 Å². The molecule has 13 heavy (non-hydrogen) atoms. The first-order valence-electron chi connectivity index (χ1n) is 5.36. The van der Waals surface area contributed by atoms with Gasteiger partial charge in [-0.25, -0.2) is 0 Å². The lowest BCUT2D eigenvalue weighted by atomic mass is 9.99. The monoisotopic (exact) mass is 188 g/mol. The maximum Gasteiger partial charge on any atom is 0.0516 e. The maximum atomic E-state index is 5.41. The molecule has 0 aromatic heterocycles. The second kappa shape index (κ2) is 8.52. The largest absolute Gasteiger partial charge is 0.381 e. The van der Waals surface area contributed by atoms with Crippen molar-refractivity contribution in [1.82, 2.24) is 0 Å². The molecule has 0 bridgehead atoms. The predicted molar refractivity (Wildman–Crippen MR) is 55.9 cm³/mol. The van der Waals surface area contributed by atoms with E-state index in [0.717, 1.165) is 32.3 Å². The van der Waals surface area contributed by atoms with Gasteiger partial charge in [-0.1, -0.05) is 13.8 Å². The second-order valence-electron chi connectivity index (χ2n) is 3.81. The van der Waals surface area contributed by atoms with Gasteiger partial charge in [0.2, 0.25) is 0 Å². The molecule has 0 saturated heterocycles. The van der Waals surface area contributed by atoms with E-state index in [-0.39, 0.29) is 0 Å². The van der Waals surface area contributed by atoms with Crippen LogP contribution in [-0.4, -0.2) is 26.4 Å². The third-order valence-electron chi connectivity index (χ3n) is 1.92. The van der Waals surface area contributed by atoms with Crippen molar-refractivity contribution < 1.29 is 9.47 Å². The van der Waals surface area contributed by atoms with Gasteiger partial charge in [0.1, 0.15) is 0 Å². The van der Waals surface area contributed by atoms with E-state index in [1.54, 1.807) is 0 Å². The van der Waals surface area contributed by atoms with E-state index in [4.69, 9.17) is 9.47 Å². The Morgan fingerprint density at radius 1 is 0.923 bits per heavy atom. The highest BCUT2D eigenvalue weighted by atomic mass is 16.5. The molecule has 0 aromatic rings. The zero-order valence-electron chi connectivity index (χ0n) is 9.51. The number of hydrogen-bond acceptors (Lipinski definition) is 2. The number of rotatable bonds is 8. The standard InChI is InChI=1S/C11H24O2/c1-5-12-8-11(7-10(3)4)9-13-6-2/h10-11H,5-9H2,1-4H3.